The first-order valence-corrected chi connectivity index (χ1v) is 6.16. The fourth-order valence-corrected chi connectivity index (χ4v) is 2.08. The number of ether oxygens (including phenoxy) is 2. The molecule has 98 valence electrons. The number of hydrogen-bond donors (Lipinski definition) is 1. The molecule has 0 aliphatic carbocycles. The minimum atomic E-state index is -0.349. The zero-order valence-corrected chi connectivity index (χ0v) is 10.7. The molecule has 18 heavy (non-hydrogen) atoms. The first-order chi connectivity index (χ1) is 8.76. The topological polar surface area (TPSA) is 30.5 Å². The van der Waals surface area contributed by atoms with Crippen molar-refractivity contribution < 1.29 is 13.9 Å². The van der Waals surface area contributed by atoms with Gasteiger partial charge in [0.25, 0.3) is 0 Å². The van der Waals surface area contributed by atoms with E-state index in [9.17, 15) is 4.39 Å². The predicted molar refractivity (Wildman–Crippen MR) is 68.0 cm³/mol. The fraction of sp³-hybridized carbons (Fsp3) is 0.429. The molecule has 1 aromatic carbocycles. The zero-order chi connectivity index (χ0) is 13.0. The Morgan fingerprint density at radius 1 is 1.50 bits per heavy atom. The molecule has 1 atom stereocenters. The van der Waals surface area contributed by atoms with Crippen molar-refractivity contribution in [3.05, 3.63) is 41.4 Å². The number of nitrogens with one attached hydrogen (secondary N) is 1. The molecule has 1 aliphatic heterocycles. The van der Waals surface area contributed by atoms with Crippen LogP contribution >= 0.6 is 0 Å². The van der Waals surface area contributed by atoms with Crippen LogP contribution in [0.25, 0.3) is 0 Å². The molecule has 0 fully saturated rings. The highest BCUT2D eigenvalue weighted by atomic mass is 19.1. The van der Waals surface area contributed by atoms with Crippen molar-refractivity contribution in [3.63, 3.8) is 0 Å². The summed E-state index contributed by atoms with van der Waals surface area (Å²) in [6, 6.07) is 4.86. The van der Waals surface area contributed by atoms with Crippen LogP contribution in [0.15, 0.2) is 30.0 Å². The third-order valence-electron chi connectivity index (χ3n) is 2.93. The van der Waals surface area contributed by atoms with Crippen LogP contribution < -0.4 is 10.1 Å². The Morgan fingerprint density at radius 2 is 2.33 bits per heavy atom. The van der Waals surface area contributed by atoms with Gasteiger partial charge in [-0.15, -0.1) is 0 Å². The third-order valence-corrected chi connectivity index (χ3v) is 2.93. The van der Waals surface area contributed by atoms with Gasteiger partial charge in [-0.25, -0.2) is 4.39 Å². The summed E-state index contributed by atoms with van der Waals surface area (Å²) in [5.74, 6) is 0.817. The van der Waals surface area contributed by atoms with Crippen LogP contribution in [0.4, 0.5) is 4.39 Å². The van der Waals surface area contributed by atoms with Crippen molar-refractivity contribution in [2.45, 2.75) is 19.4 Å². The van der Waals surface area contributed by atoms with E-state index in [0.717, 1.165) is 30.9 Å². The molecule has 1 aromatic rings. The van der Waals surface area contributed by atoms with E-state index in [1.165, 1.54) is 13.2 Å². The second-order valence-electron chi connectivity index (χ2n) is 4.13. The van der Waals surface area contributed by atoms with Crippen LogP contribution in [0, 0.1) is 5.82 Å². The smallest absolute Gasteiger partial charge is 0.165 e. The van der Waals surface area contributed by atoms with E-state index < -0.39 is 0 Å². The van der Waals surface area contributed by atoms with Gasteiger partial charge in [-0.2, -0.15) is 0 Å². The van der Waals surface area contributed by atoms with Crippen molar-refractivity contribution in [2.24, 2.45) is 0 Å². The van der Waals surface area contributed by atoms with Gasteiger partial charge in [0.05, 0.1) is 19.8 Å². The lowest BCUT2D eigenvalue weighted by Crippen LogP contribution is -2.23. The first kappa shape index (κ1) is 12.9. The van der Waals surface area contributed by atoms with Gasteiger partial charge in [-0.1, -0.05) is 13.0 Å². The average Bonchev–Trinajstić information content (AvgIpc) is 2.90. The fourth-order valence-electron chi connectivity index (χ4n) is 2.08. The molecule has 4 heteroatoms. The summed E-state index contributed by atoms with van der Waals surface area (Å²) < 4.78 is 24.0. The molecule has 0 bridgehead atoms. The molecule has 0 aromatic heterocycles. The molecule has 1 heterocycles. The van der Waals surface area contributed by atoms with Crippen LogP contribution in [0.3, 0.4) is 0 Å². The van der Waals surface area contributed by atoms with E-state index in [2.05, 4.69) is 11.4 Å². The van der Waals surface area contributed by atoms with E-state index in [1.54, 1.807) is 12.1 Å². The maximum atomic E-state index is 13.4. The molecule has 0 amide bonds. The van der Waals surface area contributed by atoms with Gasteiger partial charge < -0.3 is 14.8 Å². The maximum Gasteiger partial charge on any atom is 0.165 e. The number of rotatable bonds is 5. The van der Waals surface area contributed by atoms with E-state index in [4.69, 9.17) is 9.47 Å². The van der Waals surface area contributed by atoms with Crippen LogP contribution in [0.5, 0.6) is 5.75 Å². The third kappa shape index (κ3) is 2.64. The number of halogens is 1. The summed E-state index contributed by atoms with van der Waals surface area (Å²) in [5, 5.41) is 3.34. The quantitative estimate of drug-likeness (QED) is 0.873. The van der Waals surface area contributed by atoms with Crippen LogP contribution in [-0.4, -0.2) is 20.3 Å². The van der Waals surface area contributed by atoms with Crippen LogP contribution in [-0.2, 0) is 4.74 Å². The normalized spacial score (nSPS) is 16.1. The summed E-state index contributed by atoms with van der Waals surface area (Å²) >= 11 is 0. The second-order valence-corrected chi connectivity index (χ2v) is 4.13. The summed E-state index contributed by atoms with van der Waals surface area (Å²) in [7, 11) is 1.47. The predicted octanol–water partition coefficient (Wildman–Crippen LogP) is 2.79. The highest BCUT2D eigenvalue weighted by Crippen LogP contribution is 2.29. The Balaban J connectivity index is 2.30. The summed E-state index contributed by atoms with van der Waals surface area (Å²) in [4.78, 5) is 0. The number of benzene rings is 1. The van der Waals surface area contributed by atoms with Gasteiger partial charge in [0.15, 0.2) is 11.6 Å². The molecule has 3 nitrogen and oxygen atoms in total. The molecule has 0 radical (unpaired) electrons. The zero-order valence-electron chi connectivity index (χ0n) is 10.7. The van der Waals surface area contributed by atoms with Gasteiger partial charge in [-0.3, -0.25) is 0 Å². The van der Waals surface area contributed by atoms with Crippen molar-refractivity contribution in [3.8, 4) is 5.75 Å². The largest absolute Gasteiger partial charge is 0.496 e. The molecule has 1 aliphatic rings. The Hall–Kier alpha value is -1.55. The van der Waals surface area contributed by atoms with E-state index in [0.29, 0.717) is 0 Å². The van der Waals surface area contributed by atoms with Crippen molar-refractivity contribution >= 4 is 0 Å². The molecule has 2 rings (SSSR count). The molecule has 1 N–H and O–H groups in total. The summed E-state index contributed by atoms with van der Waals surface area (Å²) in [5.41, 5.74) is 0.947. The Kier molecular flexibility index (Phi) is 4.20. The first-order valence-electron chi connectivity index (χ1n) is 6.16. The highest BCUT2D eigenvalue weighted by molar-refractivity contribution is 5.35. The minimum absolute atomic E-state index is 0.0352. The number of hydrogen-bond acceptors (Lipinski definition) is 3. The van der Waals surface area contributed by atoms with Gasteiger partial charge in [-0.05, 0) is 30.3 Å². The van der Waals surface area contributed by atoms with Crippen molar-refractivity contribution in [1.29, 1.82) is 0 Å². The number of methoxy groups -OCH3 is 1. The molecule has 0 spiro atoms. The lowest BCUT2D eigenvalue weighted by atomic mass is 10.0. The van der Waals surface area contributed by atoms with Gasteiger partial charge in [0, 0.05) is 6.42 Å². The average molecular weight is 251 g/mol. The van der Waals surface area contributed by atoms with Crippen molar-refractivity contribution in [1.82, 2.24) is 5.32 Å². The van der Waals surface area contributed by atoms with Gasteiger partial charge in [0.2, 0.25) is 0 Å². The summed E-state index contributed by atoms with van der Waals surface area (Å²) in [6.45, 7) is 3.56. The van der Waals surface area contributed by atoms with Crippen LogP contribution in [0.2, 0.25) is 0 Å². The molecule has 1 unspecified atom stereocenters. The highest BCUT2D eigenvalue weighted by Gasteiger charge is 2.21. The monoisotopic (exact) mass is 251 g/mol. The molecular weight excluding hydrogens is 233 g/mol. The molecule has 0 saturated heterocycles. The second kappa shape index (κ2) is 5.87. The Labute approximate surface area is 107 Å². The Bertz CT molecular complexity index is 445. The maximum absolute atomic E-state index is 13.4. The van der Waals surface area contributed by atoms with E-state index in [-0.39, 0.29) is 17.6 Å². The standard InChI is InChI=1S/C14H18FNO2/c1-3-16-14(12-5-4-8-18-12)10-6-7-11(15)13(9-10)17-2/h5-7,9,14,16H,3-4,8H2,1-2H3. The lowest BCUT2D eigenvalue weighted by Gasteiger charge is -2.20. The SMILES string of the molecule is CCNC(C1=CCCO1)c1ccc(F)c(OC)c1. The Morgan fingerprint density at radius 3 is 2.94 bits per heavy atom. The van der Waals surface area contributed by atoms with Gasteiger partial charge in [0.1, 0.15) is 5.76 Å². The van der Waals surface area contributed by atoms with Crippen molar-refractivity contribution in [2.75, 3.05) is 20.3 Å². The van der Waals surface area contributed by atoms with E-state index in [1.807, 2.05) is 6.92 Å². The van der Waals surface area contributed by atoms with E-state index >= 15 is 0 Å². The molecular formula is C14H18FNO2. The number of likely N-dealkylation sites (N-methyl/N-ethyl adjacent to an activating group) is 1. The minimum Gasteiger partial charge on any atom is -0.496 e. The van der Waals surface area contributed by atoms with Gasteiger partial charge >= 0.3 is 0 Å². The summed E-state index contributed by atoms with van der Waals surface area (Å²) in [6.07, 6.45) is 3.00. The van der Waals surface area contributed by atoms with Crippen LogP contribution in [0.1, 0.15) is 24.9 Å². The lowest BCUT2D eigenvalue weighted by molar-refractivity contribution is 0.216. The molecule has 0 saturated carbocycles.